The lowest BCUT2D eigenvalue weighted by atomic mass is 10.1. The normalized spacial score (nSPS) is 10.1. The first-order chi connectivity index (χ1) is 8.58. The topological polar surface area (TPSA) is 85.9 Å². The fourth-order valence-electron chi connectivity index (χ4n) is 1.25. The molecule has 0 radical (unpaired) electrons. The molecule has 1 aromatic carbocycles. The number of thiocarbonyl (C=S) groups is 1. The first-order valence-corrected chi connectivity index (χ1v) is 5.34. The van der Waals surface area contributed by atoms with Gasteiger partial charge in [0.25, 0.3) is 0 Å². The maximum absolute atomic E-state index is 11.5. The molecular weight excluding hydrogens is 254 g/mol. The van der Waals surface area contributed by atoms with Gasteiger partial charge >= 0.3 is 5.97 Å². The summed E-state index contributed by atoms with van der Waals surface area (Å²) in [7, 11) is 2.78. The number of esters is 1. The summed E-state index contributed by atoms with van der Waals surface area (Å²) < 4.78 is 9.72. The number of nitrogens with two attached hydrogens (primary N) is 1. The molecular formula is C11H13N3O3S. The molecule has 0 unspecified atom stereocenters. The number of hydrazone groups is 1. The van der Waals surface area contributed by atoms with Gasteiger partial charge in [-0.2, -0.15) is 5.10 Å². The van der Waals surface area contributed by atoms with Crippen LogP contribution in [0.2, 0.25) is 0 Å². The standard InChI is InChI=1S/C11H13N3O3S/c1-16-9-4-3-7(6-13-14-11(12)18)5-8(9)10(15)17-2/h3-6H,1-2H3,(H3,12,14,18). The van der Waals surface area contributed by atoms with Crippen molar-refractivity contribution in [3.63, 3.8) is 0 Å². The van der Waals surface area contributed by atoms with Gasteiger partial charge in [-0.3, -0.25) is 5.43 Å². The van der Waals surface area contributed by atoms with Crippen LogP contribution in [0.5, 0.6) is 5.75 Å². The summed E-state index contributed by atoms with van der Waals surface area (Å²) in [6.45, 7) is 0. The molecule has 0 aliphatic heterocycles. The second-order valence-corrected chi connectivity index (χ2v) is 3.63. The van der Waals surface area contributed by atoms with Crippen LogP contribution in [-0.2, 0) is 4.74 Å². The number of ether oxygens (including phenoxy) is 2. The van der Waals surface area contributed by atoms with E-state index in [-0.39, 0.29) is 5.11 Å². The number of hydrogen-bond donors (Lipinski definition) is 2. The summed E-state index contributed by atoms with van der Waals surface area (Å²) in [5, 5.41) is 3.85. The summed E-state index contributed by atoms with van der Waals surface area (Å²) in [5.74, 6) is -0.0503. The van der Waals surface area contributed by atoms with E-state index in [0.29, 0.717) is 16.9 Å². The van der Waals surface area contributed by atoms with Crippen LogP contribution in [0.25, 0.3) is 0 Å². The average molecular weight is 267 g/mol. The van der Waals surface area contributed by atoms with Gasteiger partial charge in [-0.1, -0.05) is 0 Å². The van der Waals surface area contributed by atoms with Crippen molar-refractivity contribution in [2.24, 2.45) is 10.8 Å². The van der Waals surface area contributed by atoms with Crippen molar-refractivity contribution < 1.29 is 14.3 Å². The highest BCUT2D eigenvalue weighted by Crippen LogP contribution is 2.19. The van der Waals surface area contributed by atoms with E-state index < -0.39 is 5.97 Å². The van der Waals surface area contributed by atoms with Gasteiger partial charge in [0, 0.05) is 0 Å². The molecule has 6 nitrogen and oxygen atoms in total. The van der Waals surface area contributed by atoms with Gasteiger partial charge in [-0.15, -0.1) is 0 Å². The molecule has 18 heavy (non-hydrogen) atoms. The van der Waals surface area contributed by atoms with Crippen LogP contribution >= 0.6 is 12.2 Å². The zero-order chi connectivity index (χ0) is 13.5. The zero-order valence-corrected chi connectivity index (χ0v) is 10.8. The smallest absolute Gasteiger partial charge is 0.341 e. The molecule has 0 aliphatic carbocycles. The van der Waals surface area contributed by atoms with Crippen molar-refractivity contribution in [2.45, 2.75) is 0 Å². The molecule has 0 spiro atoms. The number of nitrogens with zero attached hydrogens (tertiary/aromatic N) is 1. The quantitative estimate of drug-likeness (QED) is 0.360. The van der Waals surface area contributed by atoms with E-state index in [2.05, 4.69) is 27.5 Å². The minimum atomic E-state index is -0.482. The van der Waals surface area contributed by atoms with Crippen molar-refractivity contribution in [2.75, 3.05) is 14.2 Å². The van der Waals surface area contributed by atoms with E-state index in [9.17, 15) is 4.79 Å². The molecule has 1 aromatic rings. The van der Waals surface area contributed by atoms with Gasteiger partial charge < -0.3 is 15.2 Å². The number of rotatable bonds is 4. The van der Waals surface area contributed by atoms with Crippen molar-refractivity contribution in [3.8, 4) is 5.75 Å². The molecule has 7 heteroatoms. The summed E-state index contributed by atoms with van der Waals surface area (Å²) in [4.78, 5) is 11.5. The third-order valence-electron chi connectivity index (χ3n) is 2.02. The third-order valence-corrected chi connectivity index (χ3v) is 2.11. The molecule has 0 bridgehead atoms. The summed E-state index contributed by atoms with van der Waals surface area (Å²) in [6.07, 6.45) is 1.48. The van der Waals surface area contributed by atoms with Crippen molar-refractivity contribution >= 4 is 29.5 Å². The Morgan fingerprint density at radius 1 is 1.50 bits per heavy atom. The molecule has 0 heterocycles. The molecule has 0 saturated carbocycles. The minimum absolute atomic E-state index is 0.0629. The fourth-order valence-corrected chi connectivity index (χ4v) is 1.30. The Labute approximate surface area is 110 Å². The highest BCUT2D eigenvalue weighted by molar-refractivity contribution is 7.80. The summed E-state index contributed by atoms with van der Waals surface area (Å²) >= 11 is 4.60. The molecule has 96 valence electrons. The maximum atomic E-state index is 11.5. The van der Waals surface area contributed by atoms with Gasteiger partial charge in [0.15, 0.2) is 5.11 Å². The summed E-state index contributed by atoms with van der Waals surface area (Å²) in [5.41, 5.74) is 8.63. The molecule has 0 amide bonds. The molecule has 0 aliphatic rings. The predicted octanol–water partition coefficient (Wildman–Crippen LogP) is 0.649. The lowest BCUT2D eigenvalue weighted by molar-refractivity contribution is 0.0597. The van der Waals surface area contributed by atoms with Crippen molar-refractivity contribution in [1.29, 1.82) is 0 Å². The second kappa shape index (κ2) is 6.55. The van der Waals surface area contributed by atoms with Crippen LogP contribution in [0, 0.1) is 0 Å². The number of methoxy groups -OCH3 is 2. The Morgan fingerprint density at radius 3 is 2.78 bits per heavy atom. The van der Waals surface area contributed by atoms with E-state index in [4.69, 9.17) is 10.5 Å². The monoisotopic (exact) mass is 267 g/mol. The molecule has 0 atom stereocenters. The SMILES string of the molecule is COC(=O)c1cc(C=NNC(N)=S)ccc1OC. The van der Waals surface area contributed by atoms with Gasteiger partial charge in [0.2, 0.25) is 0 Å². The Kier molecular flexibility index (Phi) is 5.06. The van der Waals surface area contributed by atoms with Crippen LogP contribution in [0.3, 0.4) is 0 Å². The highest BCUT2D eigenvalue weighted by atomic mass is 32.1. The largest absolute Gasteiger partial charge is 0.496 e. The van der Waals surface area contributed by atoms with E-state index in [1.54, 1.807) is 18.2 Å². The van der Waals surface area contributed by atoms with E-state index in [0.717, 1.165) is 0 Å². The lowest BCUT2D eigenvalue weighted by Crippen LogP contribution is -2.24. The predicted molar refractivity (Wildman–Crippen MR) is 71.8 cm³/mol. The highest BCUT2D eigenvalue weighted by Gasteiger charge is 2.12. The first-order valence-electron chi connectivity index (χ1n) is 4.93. The van der Waals surface area contributed by atoms with Crippen LogP contribution < -0.4 is 15.9 Å². The first kappa shape index (κ1) is 13.9. The van der Waals surface area contributed by atoms with Gasteiger partial charge in [-0.05, 0) is 36.0 Å². The Balaban J connectivity index is 2.99. The number of carbonyl (C=O) groups excluding carboxylic acids is 1. The molecule has 0 fully saturated rings. The van der Waals surface area contributed by atoms with E-state index in [1.807, 2.05) is 0 Å². The van der Waals surface area contributed by atoms with Crippen LogP contribution in [0.1, 0.15) is 15.9 Å². The van der Waals surface area contributed by atoms with Gasteiger partial charge in [0.05, 0.1) is 20.4 Å². The number of hydrogen-bond acceptors (Lipinski definition) is 5. The minimum Gasteiger partial charge on any atom is -0.496 e. The van der Waals surface area contributed by atoms with Crippen molar-refractivity contribution in [1.82, 2.24) is 5.43 Å². The Morgan fingerprint density at radius 2 is 2.22 bits per heavy atom. The second-order valence-electron chi connectivity index (χ2n) is 3.19. The van der Waals surface area contributed by atoms with E-state index in [1.165, 1.54) is 20.4 Å². The van der Waals surface area contributed by atoms with Crippen molar-refractivity contribution in [3.05, 3.63) is 29.3 Å². The molecule has 1 rings (SSSR count). The van der Waals surface area contributed by atoms with Gasteiger partial charge in [0.1, 0.15) is 11.3 Å². The lowest BCUT2D eigenvalue weighted by Gasteiger charge is -2.07. The van der Waals surface area contributed by atoms with E-state index >= 15 is 0 Å². The number of carbonyl (C=O) groups is 1. The number of nitrogens with one attached hydrogen (secondary N) is 1. The average Bonchev–Trinajstić information content (AvgIpc) is 2.37. The Hall–Kier alpha value is -2.15. The summed E-state index contributed by atoms with van der Waals surface area (Å²) in [6, 6.07) is 4.97. The van der Waals surface area contributed by atoms with Crippen LogP contribution in [0.15, 0.2) is 23.3 Å². The fraction of sp³-hybridized carbons (Fsp3) is 0.182. The van der Waals surface area contributed by atoms with Gasteiger partial charge in [-0.25, -0.2) is 4.79 Å². The maximum Gasteiger partial charge on any atom is 0.341 e. The van der Waals surface area contributed by atoms with Crippen LogP contribution in [0.4, 0.5) is 0 Å². The molecule has 3 N–H and O–H groups in total. The molecule has 0 aromatic heterocycles. The zero-order valence-electron chi connectivity index (χ0n) is 9.97. The number of benzene rings is 1. The molecule has 0 saturated heterocycles. The Bertz CT molecular complexity index is 488. The van der Waals surface area contributed by atoms with Crippen LogP contribution in [-0.4, -0.2) is 31.5 Å². The third kappa shape index (κ3) is 3.70.